The fourth-order valence-electron chi connectivity index (χ4n) is 2.28. The van der Waals surface area contributed by atoms with E-state index in [4.69, 9.17) is 16.3 Å². The highest BCUT2D eigenvalue weighted by Crippen LogP contribution is 2.39. The molecule has 0 spiro atoms. The Labute approximate surface area is 96.4 Å². The number of halogens is 1. The molecule has 1 nitrogen and oxygen atoms in total. The van der Waals surface area contributed by atoms with Gasteiger partial charge in [-0.05, 0) is 25.3 Å². The van der Waals surface area contributed by atoms with Gasteiger partial charge in [-0.2, -0.15) is 0 Å². The summed E-state index contributed by atoms with van der Waals surface area (Å²) in [7, 11) is 0. The van der Waals surface area contributed by atoms with E-state index in [9.17, 15) is 0 Å². The van der Waals surface area contributed by atoms with Crippen LogP contribution in [-0.4, -0.2) is 18.6 Å². The van der Waals surface area contributed by atoms with Gasteiger partial charge in [0.05, 0.1) is 6.10 Å². The Morgan fingerprint density at radius 1 is 1.40 bits per heavy atom. The zero-order valence-corrected chi connectivity index (χ0v) is 9.83. The molecule has 0 aromatic heterocycles. The molecule has 0 N–H and O–H groups in total. The van der Waals surface area contributed by atoms with E-state index >= 15 is 0 Å². The van der Waals surface area contributed by atoms with Crippen LogP contribution in [0.15, 0.2) is 30.3 Å². The molecule has 0 aliphatic carbocycles. The van der Waals surface area contributed by atoms with Crippen LogP contribution in [0, 0.1) is 5.41 Å². The van der Waals surface area contributed by atoms with E-state index in [1.165, 1.54) is 5.56 Å². The Balaban J connectivity index is 2.15. The first-order chi connectivity index (χ1) is 7.27. The molecule has 0 radical (unpaired) electrons. The topological polar surface area (TPSA) is 9.23 Å². The predicted molar refractivity (Wildman–Crippen MR) is 63.3 cm³/mol. The lowest BCUT2D eigenvalue weighted by Crippen LogP contribution is -2.33. The lowest BCUT2D eigenvalue weighted by molar-refractivity contribution is 0.0735. The lowest BCUT2D eigenvalue weighted by atomic mass is 9.78. The maximum atomic E-state index is 6.13. The van der Waals surface area contributed by atoms with E-state index in [2.05, 4.69) is 31.2 Å². The zero-order valence-electron chi connectivity index (χ0n) is 9.08. The minimum absolute atomic E-state index is 0.142. The van der Waals surface area contributed by atoms with Gasteiger partial charge in [0.2, 0.25) is 0 Å². The average Bonchev–Trinajstić information content (AvgIpc) is 2.62. The summed E-state index contributed by atoms with van der Waals surface area (Å²) in [6.45, 7) is 2.99. The number of hydrogen-bond donors (Lipinski definition) is 0. The second kappa shape index (κ2) is 4.54. The first kappa shape index (κ1) is 11.0. The third kappa shape index (κ3) is 2.19. The molecule has 2 atom stereocenters. The number of hydrogen-bond acceptors (Lipinski definition) is 1. The van der Waals surface area contributed by atoms with Crippen molar-refractivity contribution in [1.29, 1.82) is 0 Å². The SMILES string of the molecule is CC1OCCC1(CCl)Cc1ccccc1. The van der Waals surface area contributed by atoms with Gasteiger partial charge >= 0.3 is 0 Å². The molecule has 0 bridgehead atoms. The van der Waals surface area contributed by atoms with Crippen LogP contribution in [0.5, 0.6) is 0 Å². The molecule has 0 amide bonds. The number of rotatable bonds is 3. The summed E-state index contributed by atoms with van der Waals surface area (Å²) < 4.78 is 5.65. The van der Waals surface area contributed by atoms with Crippen molar-refractivity contribution >= 4 is 11.6 Å². The van der Waals surface area contributed by atoms with Crippen LogP contribution in [0.1, 0.15) is 18.9 Å². The Morgan fingerprint density at radius 3 is 2.67 bits per heavy atom. The van der Waals surface area contributed by atoms with Gasteiger partial charge < -0.3 is 4.74 Å². The summed E-state index contributed by atoms with van der Waals surface area (Å²) in [5, 5.41) is 0. The average molecular weight is 225 g/mol. The molecule has 2 heteroatoms. The van der Waals surface area contributed by atoms with Crippen LogP contribution in [0.3, 0.4) is 0 Å². The van der Waals surface area contributed by atoms with Crippen LogP contribution < -0.4 is 0 Å². The molecule has 82 valence electrons. The maximum Gasteiger partial charge on any atom is 0.0618 e. The van der Waals surface area contributed by atoms with Crippen LogP contribution in [-0.2, 0) is 11.2 Å². The molecule has 1 aliphatic rings. The first-order valence-electron chi connectivity index (χ1n) is 5.48. The van der Waals surface area contributed by atoms with Crippen molar-refractivity contribution in [2.75, 3.05) is 12.5 Å². The largest absolute Gasteiger partial charge is 0.378 e. The van der Waals surface area contributed by atoms with Gasteiger partial charge in [0, 0.05) is 17.9 Å². The molecule has 1 aromatic carbocycles. The highest BCUT2D eigenvalue weighted by atomic mass is 35.5. The van der Waals surface area contributed by atoms with E-state index in [0.717, 1.165) is 19.4 Å². The van der Waals surface area contributed by atoms with E-state index < -0.39 is 0 Å². The van der Waals surface area contributed by atoms with Gasteiger partial charge in [-0.3, -0.25) is 0 Å². The standard InChI is InChI=1S/C13H17ClO/c1-11-13(10-14,7-8-15-11)9-12-5-3-2-4-6-12/h2-6,11H,7-10H2,1H3. The van der Waals surface area contributed by atoms with Crippen LogP contribution in [0.2, 0.25) is 0 Å². The summed E-state index contributed by atoms with van der Waals surface area (Å²) in [6.07, 6.45) is 2.38. The fourth-order valence-corrected chi connectivity index (χ4v) is 2.72. The minimum Gasteiger partial charge on any atom is -0.378 e. The van der Waals surface area contributed by atoms with Crippen molar-refractivity contribution in [1.82, 2.24) is 0 Å². The third-order valence-corrected chi connectivity index (χ3v) is 4.03. The van der Waals surface area contributed by atoms with Crippen LogP contribution in [0.4, 0.5) is 0 Å². The van der Waals surface area contributed by atoms with Crippen molar-refractivity contribution in [2.45, 2.75) is 25.9 Å². The van der Waals surface area contributed by atoms with Gasteiger partial charge in [-0.15, -0.1) is 11.6 Å². The molecule has 1 fully saturated rings. The van der Waals surface area contributed by atoms with Crippen molar-refractivity contribution < 1.29 is 4.74 Å². The number of benzene rings is 1. The van der Waals surface area contributed by atoms with E-state index in [-0.39, 0.29) is 11.5 Å². The fraction of sp³-hybridized carbons (Fsp3) is 0.538. The van der Waals surface area contributed by atoms with Gasteiger partial charge in [0.15, 0.2) is 0 Å². The number of ether oxygens (including phenoxy) is 1. The van der Waals surface area contributed by atoms with E-state index in [0.29, 0.717) is 5.88 Å². The molecule has 1 aliphatic heterocycles. The van der Waals surface area contributed by atoms with E-state index in [1.807, 2.05) is 6.07 Å². The molecular weight excluding hydrogens is 208 g/mol. The summed E-state index contributed by atoms with van der Waals surface area (Å²) in [4.78, 5) is 0. The lowest BCUT2D eigenvalue weighted by Gasteiger charge is -2.30. The van der Waals surface area contributed by atoms with Crippen molar-refractivity contribution in [3.05, 3.63) is 35.9 Å². The second-order valence-electron chi connectivity index (χ2n) is 4.42. The van der Waals surface area contributed by atoms with Crippen molar-refractivity contribution in [3.63, 3.8) is 0 Å². The predicted octanol–water partition coefficient (Wildman–Crippen LogP) is 3.26. The molecule has 1 saturated heterocycles. The van der Waals surface area contributed by atoms with Crippen molar-refractivity contribution in [3.8, 4) is 0 Å². The van der Waals surface area contributed by atoms with Crippen molar-refractivity contribution in [2.24, 2.45) is 5.41 Å². The van der Waals surface area contributed by atoms with Gasteiger partial charge in [-0.25, -0.2) is 0 Å². The highest BCUT2D eigenvalue weighted by molar-refractivity contribution is 6.18. The molecule has 2 unspecified atom stereocenters. The number of alkyl halides is 1. The maximum absolute atomic E-state index is 6.13. The van der Waals surface area contributed by atoms with E-state index in [1.54, 1.807) is 0 Å². The first-order valence-corrected chi connectivity index (χ1v) is 6.02. The Kier molecular flexibility index (Phi) is 3.32. The monoisotopic (exact) mass is 224 g/mol. The quantitative estimate of drug-likeness (QED) is 0.717. The molecule has 0 saturated carbocycles. The zero-order chi connectivity index (χ0) is 10.7. The molecule has 1 heterocycles. The highest BCUT2D eigenvalue weighted by Gasteiger charge is 2.40. The van der Waals surface area contributed by atoms with Crippen LogP contribution >= 0.6 is 11.6 Å². The molecule has 15 heavy (non-hydrogen) atoms. The molecule has 2 rings (SSSR count). The summed E-state index contributed by atoms with van der Waals surface area (Å²) >= 11 is 6.13. The van der Waals surface area contributed by atoms with Gasteiger partial charge in [0.1, 0.15) is 0 Å². The molecular formula is C13H17ClO. The Bertz CT molecular complexity index is 312. The summed E-state index contributed by atoms with van der Waals surface area (Å²) in [5.41, 5.74) is 1.50. The smallest absolute Gasteiger partial charge is 0.0618 e. The summed E-state index contributed by atoms with van der Waals surface area (Å²) in [6, 6.07) is 10.5. The van der Waals surface area contributed by atoms with Crippen LogP contribution in [0.25, 0.3) is 0 Å². The van der Waals surface area contributed by atoms with Gasteiger partial charge in [0.25, 0.3) is 0 Å². The second-order valence-corrected chi connectivity index (χ2v) is 4.69. The van der Waals surface area contributed by atoms with Gasteiger partial charge in [-0.1, -0.05) is 30.3 Å². The minimum atomic E-state index is 0.142. The molecule has 1 aromatic rings. The third-order valence-electron chi connectivity index (χ3n) is 3.50. The normalized spacial score (nSPS) is 30.7. The Morgan fingerprint density at radius 2 is 2.13 bits per heavy atom. The summed E-state index contributed by atoms with van der Waals surface area (Å²) in [5.74, 6) is 0.684. The Hall–Kier alpha value is -0.530.